The second-order valence-electron chi connectivity index (χ2n) is 10.2. The van der Waals surface area contributed by atoms with E-state index >= 15 is 0 Å². The van der Waals surface area contributed by atoms with Gasteiger partial charge in [0.1, 0.15) is 0 Å². The van der Waals surface area contributed by atoms with Crippen LogP contribution in [0.1, 0.15) is 56.1 Å². The zero-order valence-corrected chi connectivity index (χ0v) is 20.4. The fraction of sp³-hybridized carbons (Fsp3) is 0.500. The van der Waals surface area contributed by atoms with E-state index in [1.54, 1.807) is 6.07 Å². The molecule has 0 spiro atoms. The van der Waals surface area contributed by atoms with Crippen LogP contribution in [-0.4, -0.2) is 28.5 Å². The molecule has 0 unspecified atom stereocenters. The van der Waals surface area contributed by atoms with Gasteiger partial charge in [-0.2, -0.15) is 13.2 Å². The average Bonchev–Trinajstić information content (AvgIpc) is 3.26. The lowest BCUT2D eigenvalue weighted by Gasteiger charge is -2.34. The molecular formula is C28H33F3N4O. The molecule has 0 radical (unpaired) electrons. The number of benzene rings is 2. The van der Waals surface area contributed by atoms with Crippen LogP contribution in [0.3, 0.4) is 0 Å². The Morgan fingerprint density at radius 3 is 2.61 bits per heavy atom. The molecule has 1 aliphatic carbocycles. The van der Waals surface area contributed by atoms with Crippen molar-refractivity contribution in [2.75, 3.05) is 18.0 Å². The van der Waals surface area contributed by atoms with Crippen LogP contribution in [0.15, 0.2) is 48.5 Å². The van der Waals surface area contributed by atoms with Crippen molar-refractivity contribution in [3.05, 3.63) is 59.7 Å². The molecule has 1 aliphatic heterocycles. The number of imidazole rings is 1. The van der Waals surface area contributed by atoms with Gasteiger partial charge in [0.2, 0.25) is 11.9 Å². The standard InChI is InChI=1S/C28H33F3N4O/c29-28(30,31)23-12-6-10-21(16-23)17-32-26(36)22-11-7-15-34(19-22)27-33-24-13-4-5-14-25(24)35(27)18-20-8-2-1-3-9-20/h4-6,10,12-14,16,20,22H,1-3,7-9,11,15,17-19H2,(H,32,36)/t22-/m0/s1. The summed E-state index contributed by atoms with van der Waals surface area (Å²) in [5.41, 5.74) is 1.85. The molecule has 8 heteroatoms. The summed E-state index contributed by atoms with van der Waals surface area (Å²) in [4.78, 5) is 20.2. The van der Waals surface area contributed by atoms with Crippen molar-refractivity contribution in [1.29, 1.82) is 0 Å². The number of rotatable bonds is 6. The van der Waals surface area contributed by atoms with E-state index in [1.807, 2.05) is 18.2 Å². The third-order valence-electron chi connectivity index (χ3n) is 7.60. The molecule has 5 rings (SSSR count). The number of anilines is 1. The lowest BCUT2D eigenvalue weighted by molar-refractivity contribution is -0.137. The van der Waals surface area contributed by atoms with E-state index in [4.69, 9.17) is 4.98 Å². The molecule has 1 aromatic heterocycles. The highest BCUT2D eigenvalue weighted by Crippen LogP contribution is 2.32. The lowest BCUT2D eigenvalue weighted by Crippen LogP contribution is -2.44. The molecule has 1 amide bonds. The maximum Gasteiger partial charge on any atom is 0.416 e. The number of hydrogen-bond donors (Lipinski definition) is 1. The molecule has 2 aliphatic rings. The summed E-state index contributed by atoms with van der Waals surface area (Å²) >= 11 is 0. The zero-order chi connectivity index (χ0) is 25.1. The Balaban J connectivity index is 1.29. The van der Waals surface area contributed by atoms with E-state index in [-0.39, 0.29) is 18.4 Å². The van der Waals surface area contributed by atoms with Gasteiger partial charge in [-0.3, -0.25) is 4.79 Å². The number of fused-ring (bicyclic) bond motifs is 1. The Hall–Kier alpha value is -3.03. The van der Waals surface area contributed by atoms with Crippen LogP contribution in [0.25, 0.3) is 11.0 Å². The number of halogens is 3. The zero-order valence-electron chi connectivity index (χ0n) is 20.4. The van der Waals surface area contributed by atoms with E-state index in [0.29, 0.717) is 18.0 Å². The van der Waals surface area contributed by atoms with Gasteiger partial charge in [-0.15, -0.1) is 0 Å². The average molecular weight is 499 g/mol. The fourth-order valence-electron chi connectivity index (χ4n) is 5.68. The molecule has 1 saturated heterocycles. The minimum Gasteiger partial charge on any atom is -0.352 e. The number of amides is 1. The predicted molar refractivity (Wildman–Crippen MR) is 135 cm³/mol. The number of nitrogens with zero attached hydrogens (tertiary/aromatic N) is 3. The van der Waals surface area contributed by atoms with Crippen LogP contribution >= 0.6 is 0 Å². The Morgan fingerprint density at radius 1 is 1.00 bits per heavy atom. The SMILES string of the molecule is O=C(NCc1cccc(C(F)(F)F)c1)[C@H]1CCCN(c2nc3ccccc3n2CC2CCCCC2)C1. The van der Waals surface area contributed by atoms with E-state index in [9.17, 15) is 18.0 Å². The van der Waals surface area contributed by atoms with Gasteiger partial charge in [0.05, 0.1) is 22.5 Å². The van der Waals surface area contributed by atoms with E-state index in [2.05, 4.69) is 20.9 Å². The second kappa shape index (κ2) is 10.5. The number of hydrogen-bond acceptors (Lipinski definition) is 3. The molecule has 5 nitrogen and oxygen atoms in total. The molecule has 1 saturated carbocycles. The Kier molecular flexibility index (Phi) is 7.21. The predicted octanol–water partition coefficient (Wildman–Crippen LogP) is 6.17. The van der Waals surface area contributed by atoms with Crippen molar-refractivity contribution in [2.45, 2.75) is 64.2 Å². The van der Waals surface area contributed by atoms with Gasteiger partial charge < -0.3 is 14.8 Å². The molecule has 1 N–H and O–H groups in total. The third-order valence-corrected chi connectivity index (χ3v) is 7.60. The van der Waals surface area contributed by atoms with Crippen LogP contribution in [0.2, 0.25) is 0 Å². The summed E-state index contributed by atoms with van der Waals surface area (Å²) < 4.78 is 41.4. The number of carbonyl (C=O) groups excluding carboxylic acids is 1. The monoisotopic (exact) mass is 498 g/mol. The van der Waals surface area contributed by atoms with Crippen LogP contribution in [0, 0.1) is 11.8 Å². The first-order valence-corrected chi connectivity index (χ1v) is 13.0. The third kappa shape index (κ3) is 5.52. The first-order chi connectivity index (χ1) is 17.4. The molecule has 2 aromatic carbocycles. The van der Waals surface area contributed by atoms with Crippen molar-refractivity contribution < 1.29 is 18.0 Å². The highest BCUT2D eigenvalue weighted by Gasteiger charge is 2.31. The van der Waals surface area contributed by atoms with Crippen LogP contribution in [-0.2, 0) is 24.1 Å². The summed E-state index contributed by atoms with van der Waals surface area (Å²) in [6.07, 6.45) is 3.60. The van der Waals surface area contributed by atoms with Gasteiger partial charge in [-0.1, -0.05) is 43.5 Å². The molecule has 0 bridgehead atoms. The van der Waals surface area contributed by atoms with E-state index < -0.39 is 11.7 Å². The van der Waals surface area contributed by atoms with E-state index in [0.717, 1.165) is 55.0 Å². The summed E-state index contributed by atoms with van der Waals surface area (Å²) in [6.45, 7) is 2.42. The van der Waals surface area contributed by atoms with Gasteiger partial charge in [0.15, 0.2) is 0 Å². The molecule has 2 heterocycles. The number of piperidine rings is 1. The first-order valence-electron chi connectivity index (χ1n) is 13.0. The van der Waals surface area contributed by atoms with Crippen molar-refractivity contribution in [3.8, 4) is 0 Å². The minimum absolute atomic E-state index is 0.0828. The number of nitrogens with one attached hydrogen (secondary N) is 1. The Morgan fingerprint density at radius 2 is 1.81 bits per heavy atom. The van der Waals surface area contributed by atoms with E-state index in [1.165, 1.54) is 38.2 Å². The van der Waals surface area contributed by atoms with Gasteiger partial charge in [0, 0.05) is 26.2 Å². The van der Waals surface area contributed by atoms with Gasteiger partial charge in [-0.25, -0.2) is 4.98 Å². The maximum absolute atomic E-state index is 13.0. The topological polar surface area (TPSA) is 50.2 Å². The summed E-state index contributed by atoms with van der Waals surface area (Å²) in [5.74, 6) is 1.23. The summed E-state index contributed by atoms with van der Waals surface area (Å²) in [6, 6.07) is 13.3. The van der Waals surface area contributed by atoms with Crippen LogP contribution < -0.4 is 10.2 Å². The van der Waals surface area contributed by atoms with Crippen molar-refractivity contribution in [2.24, 2.45) is 11.8 Å². The highest BCUT2D eigenvalue weighted by atomic mass is 19.4. The number of aromatic nitrogens is 2. The molecule has 36 heavy (non-hydrogen) atoms. The normalized spacial score (nSPS) is 19.5. The molecule has 192 valence electrons. The van der Waals surface area contributed by atoms with Gasteiger partial charge >= 0.3 is 6.18 Å². The Bertz CT molecular complexity index is 1200. The minimum atomic E-state index is -4.40. The highest BCUT2D eigenvalue weighted by molar-refractivity contribution is 5.81. The molecule has 2 fully saturated rings. The van der Waals surface area contributed by atoms with Crippen molar-refractivity contribution >= 4 is 22.9 Å². The largest absolute Gasteiger partial charge is 0.416 e. The fourth-order valence-corrected chi connectivity index (χ4v) is 5.68. The van der Waals surface area contributed by atoms with Gasteiger partial charge in [-0.05, 0) is 61.4 Å². The smallest absolute Gasteiger partial charge is 0.352 e. The second-order valence-corrected chi connectivity index (χ2v) is 10.2. The Labute approximate surface area is 209 Å². The van der Waals surface area contributed by atoms with Crippen molar-refractivity contribution in [3.63, 3.8) is 0 Å². The maximum atomic E-state index is 13.0. The van der Waals surface area contributed by atoms with Crippen molar-refractivity contribution in [1.82, 2.24) is 14.9 Å². The first kappa shape index (κ1) is 24.7. The molecule has 1 atom stereocenters. The quantitative estimate of drug-likeness (QED) is 0.442. The number of para-hydroxylation sites is 2. The summed E-state index contributed by atoms with van der Waals surface area (Å²) in [7, 11) is 0. The number of alkyl halides is 3. The van der Waals surface area contributed by atoms with Crippen LogP contribution in [0.4, 0.5) is 19.1 Å². The van der Waals surface area contributed by atoms with Crippen LogP contribution in [0.5, 0.6) is 0 Å². The molecular weight excluding hydrogens is 465 g/mol. The molecule has 3 aromatic rings. The number of carbonyl (C=O) groups is 1. The lowest BCUT2D eigenvalue weighted by atomic mass is 9.89. The van der Waals surface area contributed by atoms with Gasteiger partial charge in [0.25, 0.3) is 0 Å². The summed E-state index contributed by atoms with van der Waals surface area (Å²) in [5, 5.41) is 2.87.